The normalized spacial score (nSPS) is 18.3. The molecule has 0 saturated carbocycles. The van der Waals surface area contributed by atoms with E-state index in [-0.39, 0.29) is 28.6 Å². The van der Waals surface area contributed by atoms with Crippen molar-refractivity contribution in [3.63, 3.8) is 0 Å². The number of nitrogen functional groups attached to an aromatic ring is 1. The third kappa shape index (κ3) is 2.62. The lowest BCUT2D eigenvalue weighted by Crippen LogP contribution is -2.18. The van der Waals surface area contributed by atoms with E-state index in [0.29, 0.717) is 23.3 Å². The van der Waals surface area contributed by atoms with Gasteiger partial charge in [0.15, 0.2) is 5.65 Å². The van der Waals surface area contributed by atoms with Gasteiger partial charge in [-0.15, -0.1) is 0 Å². The molecule has 1 aliphatic carbocycles. The highest BCUT2D eigenvalue weighted by molar-refractivity contribution is 6.10. The van der Waals surface area contributed by atoms with Gasteiger partial charge in [-0.3, -0.25) is 9.36 Å². The Hall–Kier alpha value is -2.87. The Balaban J connectivity index is 2.41. The predicted octanol–water partition coefficient (Wildman–Crippen LogP) is 2.05. The fourth-order valence-corrected chi connectivity index (χ4v) is 3.28. The first-order valence-corrected chi connectivity index (χ1v) is 8.34. The lowest BCUT2D eigenvalue weighted by Gasteiger charge is -2.24. The molecule has 0 aliphatic heterocycles. The van der Waals surface area contributed by atoms with Crippen LogP contribution in [0.5, 0.6) is 0 Å². The number of rotatable bonds is 3. The number of aliphatic hydroxyl groups is 2. The van der Waals surface area contributed by atoms with E-state index in [0.717, 1.165) is 5.70 Å². The van der Waals surface area contributed by atoms with Crippen LogP contribution < -0.4 is 11.5 Å². The fourth-order valence-electron chi connectivity index (χ4n) is 3.28. The van der Waals surface area contributed by atoms with Crippen molar-refractivity contribution in [2.45, 2.75) is 39.7 Å². The van der Waals surface area contributed by atoms with Crippen LogP contribution in [-0.4, -0.2) is 30.7 Å². The molecule has 2 aromatic heterocycles. The molecule has 1 amide bonds. The number of anilines is 1. The zero-order chi connectivity index (χ0) is 19.4. The summed E-state index contributed by atoms with van der Waals surface area (Å²) in [5, 5.41) is 20.4. The second kappa shape index (κ2) is 5.84. The summed E-state index contributed by atoms with van der Waals surface area (Å²) in [6.07, 6.45) is 3.82. The van der Waals surface area contributed by atoms with Crippen LogP contribution in [0.4, 0.5) is 5.82 Å². The van der Waals surface area contributed by atoms with Gasteiger partial charge in [-0.25, -0.2) is 9.97 Å². The molecule has 1 atom stereocenters. The van der Waals surface area contributed by atoms with Gasteiger partial charge in [-0.1, -0.05) is 6.92 Å². The standard InChI is InChI=1S/C18H23N5O3/c1-8-5-6-10(24)9(2)14(8)23-15(19)12(16(20)25)13-17(23)21-7-11(22-13)18(3,4)26/h6-8,24,26H,5,19H2,1-4H3,(H2,20,25). The summed E-state index contributed by atoms with van der Waals surface area (Å²) in [5.41, 5.74) is 12.9. The highest BCUT2D eigenvalue weighted by Gasteiger charge is 2.30. The number of amides is 1. The van der Waals surface area contributed by atoms with Gasteiger partial charge in [0.25, 0.3) is 5.91 Å². The molecule has 0 saturated heterocycles. The Labute approximate surface area is 150 Å². The van der Waals surface area contributed by atoms with Gasteiger partial charge in [0.2, 0.25) is 0 Å². The molecule has 2 heterocycles. The summed E-state index contributed by atoms with van der Waals surface area (Å²) < 4.78 is 1.62. The summed E-state index contributed by atoms with van der Waals surface area (Å²) in [7, 11) is 0. The van der Waals surface area contributed by atoms with Gasteiger partial charge in [-0.05, 0) is 33.3 Å². The van der Waals surface area contributed by atoms with Crippen LogP contribution in [0, 0.1) is 5.92 Å². The quantitative estimate of drug-likeness (QED) is 0.662. The lowest BCUT2D eigenvalue weighted by molar-refractivity contribution is 0.0737. The van der Waals surface area contributed by atoms with Crippen molar-refractivity contribution in [3.8, 4) is 0 Å². The topological polar surface area (TPSA) is 140 Å². The minimum atomic E-state index is -1.23. The lowest BCUT2D eigenvalue weighted by atomic mass is 9.93. The zero-order valence-electron chi connectivity index (χ0n) is 15.2. The summed E-state index contributed by atoms with van der Waals surface area (Å²) in [6, 6.07) is 0. The summed E-state index contributed by atoms with van der Waals surface area (Å²) >= 11 is 0. The zero-order valence-corrected chi connectivity index (χ0v) is 15.2. The van der Waals surface area contributed by atoms with Gasteiger partial charge in [0.05, 0.1) is 11.9 Å². The van der Waals surface area contributed by atoms with Crippen LogP contribution in [0.2, 0.25) is 0 Å². The number of nitrogens with zero attached hydrogens (tertiary/aromatic N) is 3. The molecule has 0 aromatic carbocycles. The van der Waals surface area contributed by atoms with Gasteiger partial charge in [0.1, 0.15) is 28.3 Å². The number of aromatic nitrogens is 3. The van der Waals surface area contributed by atoms with E-state index in [2.05, 4.69) is 9.97 Å². The maximum absolute atomic E-state index is 12.0. The maximum atomic E-state index is 12.0. The van der Waals surface area contributed by atoms with E-state index < -0.39 is 11.5 Å². The first-order valence-electron chi connectivity index (χ1n) is 8.34. The molecule has 1 aliphatic rings. The van der Waals surface area contributed by atoms with Crippen molar-refractivity contribution in [1.29, 1.82) is 0 Å². The molecule has 0 radical (unpaired) electrons. The van der Waals surface area contributed by atoms with Gasteiger partial charge in [0, 0.05) is 17.2 Å². The van der Waals surface area contributed by atoms with E-state index in [4.69, 9.17) is 11.5 Å². The van der Waals surface area contributed by atoms with E-state index in [9.17, 15) is 15.0 Å². The summed E-state index contributed by atoms with van der Waals surface area (Å²) in [5.74, 6) is -0.396. The molecule has 8 heteroatoms. The molecule has 8 nitrogen and oxygen atoms in total. The molecule has 2 aromatic rings. The van der Waals surface area contributed by atoms with Crippen molar-refractivity contribution in [1.82, 2.24) is 14.5 Å². The smallest absolute Gasteiger partial charge is 0.254 e. The highest BCUT2D eigenvalue weighted by Crippen LogP contribution is 2.38. The summed E-state index contributed by atoms with van der Waals surface area (Å²) in [4.78, 5) is 20.8. The molecule has 0 spiro atoms. The number of fused-ring (bicyclic) bond motifs is 1. The first-order chi connectivity index (χ1) is 12.0. The molecular formula is C18H23N5O3. The molecule has 3 rings (SSSR count). The van der Waals surface area contributed by atoms with Gasteiger partial charge >= 0.3 is 0 Å². The van der Waals surface area contributed by atoms with E-state index >= 15 is 0 Å². The molecule has 1 unspecified atom stereocenters. The van der Waals surface area contributed by atoms with Crippen molar-refractivity contribution in [2.75, 3.05) is 5.73 Å². The fraction of sp³-hybridized carbons (Fsp3) is 0.389. The maximum Gasteiger partial charge on any atom is 0.254 e. The van der Waals surface area contributed by atoms with Crippen LogP contribution in [0.1, 0.15) is 50.2 Å². The van der Waals surface area contributed by atoms with E-state index in [1.54, 1.807) is 31.4 Å². The molecule has 0 fully saturated rings. The predicted molar refractivity (Wildman–Crippen MR) is 99.1 cm³/mol. The van der Waals surface area contributed by atoms with Crippen LogP contribution in [0.3, 0.4) is 0 Å². The van der Waals surface area contributed by atoms with Crippen molar-refractivity contribution in [2.24, 2.45) is 11.7 Å². The number of hydrogen-bond donors (Lipinski definition) is 4. The second-order valence-electron chi connectivity index (χ2n) is 7.18. The van der Waals surface area contributed by atoms with Crippen molar-refractivity contribution < 1.29 is 15.0 Å². The number of nitrogens with two attached hydrogens (primary N) is 2. The summed E-state index contributed by atoms with van der Waals surface area (Å²) in [6.45, 7) is 6.93. The number of allylic oxidation sites excluding steroid dienone is 3. The third-order valence-electron chi connectivity index (χ3n) is 4.71. The average Bonchev–Trinajstić information content (AvgIpc) is 2.82. The molecule has 26 heavy (non-hydrogen) atoms. The second-order valence-corrected chi connectivity index (χ2v) is 7.18. The third-order valence-corrected chi connectivity index (χ3v) is 4.71. The van der Waals surface area contributed by atoms with Gasteiger partial charge < -0.3 is 21.7 Å². The van der Waals surface area contributed by atoms with Crippen LogP contribution in [0.15, 0.2) is 23.6 Å². The molecule has 6 N–H and O–H groups in total. The van der Waals surface area contributed by atoms with Crippen LogP contribution in [-0.2, 0) is 5.60 Å². The van der Waals surface area contributed by atoms with Crippen molar-refractivity contribution in [3.05, 3.63) is 34.9 Å². The van der Waals surface area contributed by atoms with Gasteiger partial charge in [-0.2, -0.15) is 0 Å². The molecule has 138 valence electrons. The minimum absolute atomic E-state index is 0.0419. The van der Waals surface area contributed by atoms with Crippen molar-refractivity contribution >= 4 is 28.6 Å². The largest absolute Gasteiger partial charge is 0.508 e. The SMILES string of the molecule is CC1=C(n2c(N)c(C(N)=O)c3nc(C(C)(C)O)cnc32)C(C)CC=C1O. The Morgan fingerprint density at radius 2 is 2.08 bits per heavy atom. The molecule has 0 bridgehead atoms. The highest BCUT2D eigenvalue weighted by atomic mass is 16.3. The number of carbonyl (C=O) groups is 1. The Kier molecular flexibility index (Phi) is 4.03. The van der Waals surface area contributed by atoms with E-state index in [1.807, 2.05) is 6.92 Å². The number of primary amides is 1. The average molecular weight is 357 g/mol. The number of hydrogen-bond acceptors (Lipinski definition) is 6. The monoisotopic (exact) mass is 357 g/mol. The first kappa shape index (κ1) is 17.9. The van der Waals surface area contributed by atoms with Crippen LogP contribution >= 0.6 is 0 Å². The molecular weight excluding hydrogens is 334 g/mol. The Morgan fingerprint density at radius 1 is 1.42 bits per heavy atom. The Bertz CT molecular complexity index is 979. The van der Waals surface area contributed by atoms with Crippen LogP contribution in [0.25, 0.3) is 16.9 Å². The van der Waals surface area contributed by atoms with E-state index in [1.165, 1.54) is 6.20 Å². The number of carbonyl (C=O) groups excluding carboxylic acids is 1. The Morgan fingerprint density at radius 3 is 2.65 bits per heavy atom. The number of aliphatic hydroxyl groups excluding tert-OH is 1. The minimum Gasteiger partial charge on any atom is -0.508 e.